The van der Waals surface area contributed by atoms with E-state index in [1.807, 2.05) is 71.6 Å². The second-order valence-electron chi connectivity index (χ2n) is 9.85. The number of para-hydroxylation sites is 1. The van der Waals surface area contributed by atoms with Crippen LogP contribution in [0.2, 0.25) is 0 Å². The number of thiazole rings is 1. The van der Waals surface area contributed by atoms with Crippen LogP contribution in [0.1, 0.15) is 25.0 Å². The van der Waals surface area contributed by atoms with Crippen LogP contribution in [-0.4, -0.2) is 31.0 Å². The summed E-state index contributed by atoms with van der Waals surface area (Å²) < 4.78 is 9.54. The summed E-state index contributed by atoms with van der Waals surface area (Å²) >= 11 is 1.32. The van der Waals surface area contributed by atoms with Crippen molar-refractivity contribution in [3.05, 3.63) is 111 Å². The van der Waals surface area contributed by atoms with Gasteiger partial charge >= 0.3 is 0 Å². The van der Waals surface area contributed by atoms with Crippen LogP contribution >= 0.6 is 11.3 Å². The summed E-state index contributed by atoms with van der Waals surface area (Å²) in [5.41, 5.74) is 5.38. The van der Waals surface area contributed by atoms with Gasteiger partial charge in [-0.05, 0) is 55.3 Å². The number of hydrogen-bond acceptors (Lipinski definition) is 6. The molecule has 3 aromatic heterocycles. The van der Waals surface area contributed by atoms with Crippen molar-refractivity contribution in [2.75, 3.05) is 6.61 Å². The molecule has 8 heteroatoms. The Hall–Kier alpha value is -4.56. The van der Waals surface area contributed by atoms with Gasteiger partial charge in [0.2, 0.25) is 4.96 Å². The number of ether oxygens (including phenoxy) is 1. The Bertz CT molecular complexity index is 1850. The van der Waals surface area contributed by atoms with Crippen LogP contribution in [0.4, 0.5) is 0 Å². The Labute approximate surface area is 229 Å². The maximum atomic E-state index is 13.3. The number of benzene rings is 3. The molecule has 6 rings (SSSR count). The van der Waals surface area contributed by atoms with E-state index < -0.39 is 0 Å². The van der Waals surface area contributed by atoms with Gasteiger partial charge in [0.05, 0.1) is 22.5 Å². The van der Waals surface area contributed by atoms with E-state index in [4.69, 9.17) is 9.84 Å². The molecule has 0 amide bonds. The van der Waals surface area contributed by atoms with E-state index in [0.717, 1.165) is 33.8 Å². The monoisotopic (exact) mass is 533 g/mol. The lowest BCUT2D eigenvalue weighted by Crippen LogP contribution is -2.23. The molecular formula is C31H27N5O2S. The molecule has 7 nitrogen and oxygen atoms in total. The van der Waals surface area contributed by atoms with Gasteiger partial charge in [0.25, 0.3) is 5.56 Å². The molecule has 0 saturated carbocycles. The molecule has 0 aliphatic rings. The van der Waals surface area contributed by atoms with Crippen LogP contribution < -0.4 is 14.8 Å². The van der Waals surface area contributed by atoms with Crippen LogP contribution in [0.15, 0.2) is 89.9 Å². The Morgan fingerprint density at radius 1 is 0.923 bits per heavy atom. The summed E-state index contributed by atoms with van der Waals surface area (Å²) in [6.07, 6.45) is 3.83. The number of hydrogen-bond donors (Lipinski definition) is 0. The van der Waals surface area contributed by atoms with Gasteiger partial charge in [-0.15, -0.1) is 5.10 Å². The highest BCUT2D eigenvalue weighted by Crippen LogP contribution is 2.25. The molecule has 6 aromatic rings. The van der Waals surface area contributed by atoms with Crippen molar-refractivity contribution < 1.29 is 4.74 Å². The largest absolute Gasteiger partial charge is 0.493 e. The fourth-order valence-corrected chi connectivity index (χ4v) is 5.10. The Kier molecular flexibility index (Phi) is 6.54. The highest BCUT2D eigenvalue weighted by molar-refractivity contribution is 7.15. The van der Waals surface area contributed by atoms with Crippen LogP contribution in [0.3, 0.4) is 0 Å². The van der Waals surface area contributed by atoms with E-state index in [9.17, 15) is 4.79 Å². The second kappa shape index (κ2) is 10.3. The van der Waals surface area contributed by atoms with Crippen molar-refractivity contribution in [2.45, 2.75) is 20.8 Å². The fourth-order valence-electron chi connectivity index (χ4n) is 4.20. The number of fused-ring (bicyclic) bond motifs is 1. The molecule has 0 atom stereocenters. The molecule has 3 aromatic carbocycles. The van der Waals surface area contributed by atoms with Crippen LogP contribution in [0, 0.1) is 12.8 Å². The van der Waals surface area contributed by atoms with Gasteiger partial charge in [0.15, 0.2) is 5.82 Å². The van der Waals surface area contributed by atoms with Gasteiger partial charge in [-0.3, -0.25) is 4.79 Å². The second-order valence-corrected chi connectivity index (χ2v) is 10.9. The Morgan fingerprint density at radius 3 is 2.33 bits per heavy atom. The van der Waals surface area contributed by atoms with E-state index in [1.165, 1.54) is 21.4 Å². The predicted octanol–water partition coefficient (Wildman–Crippen LogP) is 5.56. The normalized spacial score (nSPS) is 12.1. The zero-order valence-electron chi connectivity index (χ0n) is 21.9. The van der Waals surface area contributed by atoms with Gasteiger partial charge in [-0.1, -0.05) is 73.2 Å². The lowest BCUT2D eigenvalue weighted by atomic mass is 10.1. The minimum absolute atomic E-state index is 0.201. The van der Waals surface area contributed by atoms with E-state index >= 15 is 0 Å². The summed E-state index contributed by atoms with van der Waals surface area (Å²) in [6.45, 7) is 6.94. The predicted molar refractivity (Wildman–Crippen MR) is 155 cm³/mol. The number of aromatic nitrogens is 5. The van der Waals surface area contributed by atoms with E-state index in [2.05, 4.69) is 55.1 Å². The average molecular weight is 534 g/mol. The fraction of sp³-hybridized carbons (Fsp3) is 0.161. The molecule has 3 heterocycles. The number of rotatable bonds is 7. The standard InChI is InChI=1S/C31H27N5O2S/c1-20(2)19-38-26-15-13-23(14-16-26)29-32-31-36(34-29)30(37)27(39-31)17-24-18-35(25-7-5-4-6-8-25)33-28(24)22-11-9-21(3)10-12-22/h4-18,20H,19H2,1-3H3/b27-17-. The van der Waals surface area contributed by atoms with Crippen molar-refractivity contribution in [3.8, 4) is 34.1 Å². The van der Waals surface area contributed by atoms with Crippen molar-refractivity contribution in [3.63, 3.8) is 0 Å². The average Bonchev–Trinajstić information content (AvgIpc) is 3.64. The topological polar surface area (TPSA) is 74.3 Å². The zero-order valence-corrected chi connectivity index (χ0v) is 22.7. The molecule has 0 spiro atoms. The molecule has 0 fully saturated rings. The first kappa shape index (κ1) is 24.8. The lowest BCUT2D eigenvalue weighted by Gasteiger charge is -2.08. The molecule has 39 heavy (non-hydrogen) atoms. The summed E-state index contributed by atoms with van der Waals surface area (Å²) in [5, 5.41) is 9.38. The molecule has 0 aliphatic heterocycles. The smallest absolute Gasteiger partial charge is 0.291 e. The quantitative estimate of drug-likeness (QED) is 0.269. The van der Waals surface area contributed by atoms with Crippen molar-refractivity contribution >= 4 is 22.4 Å². The molecule has 194 valence electrons. The van der Waals surface area contributed by atoms with Gasteiger partial charge < -0.3 is 4.74 Å². The van der Waals surface area contributed by atoms with Gasteiger partial charge in [-0.2, -0.15) is 14.6 Å². The Balaban J connectivity index is 1.38. The van der Waals surface area contributed by atoms with E-state index in [0.29, 0.717) is 27.8 Å². The van der Waals surface area contributed by atoms with Crippen molar-refractivity contribution in [2.24, 2.45) is 5.92 Å². The number of nitrogens with zero attached hydrogens (tertiary/aromatic N) is 5. The molecule has 0 aliphatic carbocycles. The van der Waals surface area contributed by atoms with Crippen LogP contribution in [-0.2, 0) is 0 Å². The third-order valence-electron chi connectivity index (χ3n) is 6.25. The lowest BCUT2D eigenvalue weighted by molar-refractivity contribution is 0.271. The number of aryl methyl sites for hydroxylation is 1. The highest BCUT2D eigenvalue weighted by atomic mass is 32.1. The molecule has 0 N–H and O–H groups in total. The first-order valence-electron chi connectivity index (χ1n) is 12.8. The van der Waals surface area contributed by atoms with Gasteiger partial charge in [-0.25, -0.2) is 4.68 Å². The summed E-state index contributed by atoms with van der Waals surface area (Å²) in [5.74, 6) is 1.77. The maximum Gasteiger partial charge on any atom is 0.291 e. The van der Waals surface area contributed by atoms with Gasteiger partial charge in [0, 0.05) is 22.9 Å². The molecular weight excluding hydrogens is 506 g/mol. The molecule has 0 saturated heterocycles. The van der Waals surface area contributed by atoms with Gasteiger partial charge in [0.1, 0.15) is 5.75 Å². The van der Waals surface area contributed by atoms with E-state index in [1.54, 1.807) is 0 Å². The minimum Gasteiger partial charge on any atom is -0.493 e. The first-order chi connectivity index (χ1) is 18.9. The van der Waals surface area contributed by atoms with Crippen LogP contribution in [0.5, 0.6) is 5.75 Å². The minimum atomic E-state index is -0.201. The maximum absolute atomic E-state index is 13.3. The molecule has 0 unspecified atom stereocenters. The SMILES string of the molecule is Cc1ccc(-c2nn(-c3ccccc3)cc2/C=c2\sc3nc(-c4ccc(OCC(C)C)cc4)nn3c2=O)cc1. The third-order valence-corrected chi connectivity index (χ3v) is 7.21. The first-order valence-corrected chi connectivity index (χ1v) is 13.6. The van der Waals surface area contributed by atoms with Crippen LogP contribution in [0.25, 0.3) is 39.4 Å². The molecule has 0 radical (unpaired) electrons. The molecule has 0 bridgehead atoms. The zero-order chi connectivity index (χ0) is 26.9. The van der Waals surface area contributed by atoms with E-state index in [-0.39, 0.29) is 5.56 Å². The van der Waals surface area contributed by atoms with Crippen molar-refractivity contribution in [1.29, 1.82) is 0 Å². The summed E-state index contributed by atoms with van der Waals surface area (Å²) in [7, 11) is 0. The summed E-state index contributed by atoms with van der Waals surface area (Å²) in [4.78, 5) is 18.5. The van der Waals surface area contributed by atoms with Crippen molar-refractivity contribution in [1.82, 2.24) is 24.4 Å². The third kappa shape index (κ3) is 5.11. The Morgan fingerprint density at radius 2 is 1.64 bits per heavy atom. The highest BCUT2D eigenvalue weighted by Gasteiger charge is 2.15. The summed E-state index contributed by atoms with van der Waals surface area (Å²) in [6, 6.07) is 25.8.